The van der Waals surface area contributed by atoms with E-state index in [1.54, 1.807) is 12.3 Å². The van der Waals surface area contributed by atoms with Crippen molar-refractivity contribution in [3.05, 3.63) is 53.9 Å². The van der Waals surface area contributed by atoms with Crippen molar-refractivity contribution in [2.45, 2.75) is 38.6 Å². The van der Waals surface area contributed by atoms with Crippen LogP contribution < -0.4 is 20.7 Å². The minimum atomic E-state index is -0.813. The molecular formula is C29H32F2N6O2. The molecule has 0 bridgehead atoms. The fourth-order valence-electron chi connectivity index (χ4n) is 4.87. The van der Waals surface area contributed by atoms with E-state index in [1.807, 2.05) is 6.07 Å². The number of piperidine rings is 1. The summed E-state index contributed by atoms with van der Waals surface area (Å²) in [5.41, 5.74) is 7.97. The van der Waals surface area contributed by atoms with Crippen molar-refractivity contribution >= 4 is 17.3 Å². The summed E-state index contributed by atoms with van der Waals surface area (Å²) >= 11 is 0. The van der Waals surface area contributed by atoms with Crippen LogP contribution >= 0.6 is 0 Å². The van der Waals surface area contributed by atoms with Gasteiger partial charge < -0.3 is 25.4 Å². The Labute approximate surface area is 227 Å². The molecule has 1 aromatic carbocycles. The average molecular weight is 535 g/mol. The summed E-state index contributed by atoms with van der Waals surface area (Å²) in [6.07, 6.45) is 7.02. The molecule has 0 radical (unpaired) electrons. The second-order valence-electron chi connectivity index (χ2n) is 10.2. The number of hydrogen-bond acceptors (Lipinski definition) is 8. The fourth-order valence-corrected chi connectivity index (χ4v) is 4.87. The molecule has 10 heteroatoms. The monoisotopic (exact) mass is 534 g/mol. The second-order valence-corrected chi connectivity index (χ2v) is 10.2. The number of rotatable bonds is 5. The molecule has 0 amide bonds. The highest BCUT2D eigenvalue weighted by atomic mass is 19.1. The largest absolute Gasteiger partial charge is 0.496 e. The van der Waals surface area contributed by atoms with Gasteiger partial charge in [0.2, 0.25) is 0 Å². The van der Waals surface area contributed by atoms with Crippen LogP contribution in [0.1, 0.15) is 38.2 Å². The summed E-state index contributed by atoms with van der Waals surface area (Å²) in [5, 5.41) is 3.19. The van der Waals surface area contributed by atoms with Crippen LogP contribution in [0.2, 0.25) is 0 Å². The van der Waals surface area contributed by atoms with E-state index >= 15 is 0 Å². The normalized spacial score (nSPS) is 18.7. The molecule has 3 N–H and O–H groups in total. The van der Waals surface area contributed by atoms with E-state index in [-0.39, 0.29) is 28.6 Å². The lowest BCUT2D eigenvalue weighted by Crippen LogP contribution is -2.43. The van der Waals surface area contributed by atoms with E-state index in [9.17, 15) is 8.78 Å². The van der Waals surface area contributed by atoms with Crippen molar-refractivity contribution in [3.63, 3.8) is 0 Å². The quantitative estimate of drug-likeness (QED) is 0.456. The Balaban J connectivity index is 1.46. The van der Waals surface area contributed by atoms with Crippen LogP contribution in [-0.2, 0) is 4.74 Å². The van der Waals surface area contributed by atoms with Crippen molar-refractivity contribution < 1.29 is 18.3 Å². The smallest absolute Gasteiger partial charge is 0.168 e. The van der Waals surface area contributed by atoms with Gasteiger partial charge in [0.25, 0.3) is 0 Å². The van der Waals surface area contributed by atoms with Crippen LogP contribution in [0.4, 0.5) is 26.1 Å². The summed E-state index contributed by atoms with van der Waals surface area (Å²) in [6.45, 7) is 5.21. The molecule has 5 rings (SSSR count). The Morgan fingerprint density at radius 2 is 2.00 bits per heavy atom. The Hall–Kier alpha value is -3.81. The third-order valence-electron chi connectivity index (χ3n) is 7.15. The van der Waals surface area contributed by atoms with Gasteiger partial charge >= 0.3 is 0 Å². The lowest BCUT2D eigenvalue weighted by atomic mass is 9.83. The van der Waals surface area contributed by atoms with Crippen LogP contribution in [0, 0.1) is 28.9 Å². The summed E-state index contributed by atoms with van der Waals surface area (Å²) in [6, 6.07) is 5.55. The van der Waals surface area contributed by atoms with Crippen molar-refractivity contribution in [1.29, 1.82) is 0 Å². The molecule has 0 unspecified atom stereocenters. The lowest BCUT2D eigenvalue weighted by molar-refractivity contribution is 0.0487. The number of halogens is 2. The van der Waals surface area contributed by atoms with Gasteiger partial charge in [-0.2, -0.15) is 0 Å². The molecule has 2 aliphatic rings. The van der Waals surface area contributed by atoms with Crippen LogP contribution in [0.25, 0.3) is 11.4 Å². The van der Waals surface area contributed by atoms with Gasteiger partial charge in [-0.15, -0.1) is 0 Å². The number of hydrogen-bond donors (Lipinski definition) is 2. The van der Waals surface area contributed by atoms with Gasteiger partial charge in [0.05, 0.1) is 23.9 Å². The van der Waals surface area contributed by atoms with E-state index in [2.05, 4.69) is 43.9 Å². The number of methoxy groups -OCH3 is 1. The Morgan fingerprint density at radius 3 is 2.77 bits per heavy atom. The van der Waals surface area contributed by atoms with Gasteiger partial charge in [-0.3, -0.25) is 0 Å². The van der Waals surface area contributed by atoms with Crippen LogP contribution in [-0.4, -0.2) is 54.4 Å². The molecule has 204 valence electrons. The third-order valence-corrected chi connectivity index (χ3v) is 7.15. The van der Waals surface area contributed by atoms with Gasteiger partial charge in [0.15, 0.2) is 5.82 Å². The summed E-state index contributed by atoms with van der Waals surface area (Å²) in [4.78, 5) is 15.5. The van der Waals surface area contributed by atoms with Crippen molar-refractivity contribution in [2.75, 3.05) is 43.6 Å². The maximum absolute atomic E-state index is 14.6. The molecule has 2 fully saturated rings. The number of nitrogens with one attached hydrogen (secondary N) is 1. The van der Waals surface area contributed by atoms with Crippen LogP contribution in [0.5, 0.6) is 5.75 Å². The molecule has 39 heavy (non-hydrogen) atoms. The first-order chi connectivity index (χ1) is 18.8. The van der Waals surface area contributed by atoms with Gasteiger partial charge in [0, 0.05) is 68.4 Å². The standard InChI is InChI=1S/C29H32F2N6O2/c1-29(8-12-39-13-9-29)7-5-19-17-34-26(16-23(19)37-11-3-4-21(32)18-37)35-25-6-10-33-28(36-25)27-22(31)14-20(30)15-24(27)38-2/h6,10,14-17,21H,3-4,8-9,11-13,18,32H2,1-2H3,(H,33,34,35,36)/t21-/m0/s1. The number of benzene rings is 1. The zero-order valence-corrected chi connectivity index (χ0v) is 22.1. The highest BCUT2D eigenvalue weighted by molar-refractivity contribution is 5.69. The van der Waals surface area contributed by atoms with Crippen molar-refractivity contribution in [1.82, 2.24) is 15.0 Å². The molecule has 4 heterocycles. The summed E-state index contributed by atoms with van der Waals surface area (Å²) in [5.74, 6) is 6.32. The highest BCUT2D eigenvalue weighted by Gasteiger charge is 2.26. The molecule has 2 aromatic heterocycles. The molecule has 2 saturated heterocycles. The first kappa shape index (κ1) is 26.8. The van der Waals surface area contributed by atoms with Gasteiger partial charge in [0.1, 0.15) is 29.0 Å². The van der Waals surface area contributed by atoms with Crippen LogP contribution in [0.15, 0.2) is 36.7 Å². The average Bonchev–Trinajstić information content (AvgIpc) is 2.92. The van der Waals surface area contributed by atoms with Crippen molar-refractivity contribution in [2.24, 2.45) is 11.1 Å². The number of nitrogens with zero attached hydrogens (tertiary/aromatic N) is 4. The molecule has 2 aliphatic heterocycles. The molecular weight excluding hydrogens is 502 g/mol. The lowest BCUT2D eigenvalue weighted by Gasteiger charge is -2.33. The fraction of sp³-hybridized carbons (Fsp3) is 0.414. The Morgan fingerprint density at radius 1 is 1.18 bits per heavy atom. The third kappa shape index (κ3) is 6.27. The molecule has 0 aliphatic carbocycles. The van der Waals surface area contributed by atoms with E-state index in [4.69, 9.17) is 15.2 Å². The van der Waals surface area contributed by atoms with E-state index in [1.165, 1.54) is 13.3 Å². The summed E-state index contributed by atoms with van der Waals surface area (Å²) < 4.78 is 39.0. The highest BCUT2D eigenvalue weighted by Crippen LogP contribution is 2.33. The number of aromatic nitrogens is 3. The van der Waals surface area contributed by atoms with Gasteiger partial charge in [-0.05, 0) is 38.7 Å². The number of pyridine rings is 1. The molecule has 0 spiro atoms. The molecule has 0 saturated carbocycles. The van der Waals surface area contributed by atoms with Gasteiger partial charge in [-0.1, -0.05) is 11.8 Å². The van der Waals surface area contributed by atoms with Crippen LogP contribution in [0.3, 0.4) is 0 Å². The van der Waals surface area contributed by atoms with Gasteiger partial charge in [-0.25, -0.2) is 23.7 Å². The first-order valence-electron chi connectivity index (χ1n) is 13.1. The first-order valence-corrected chi connectivity index (χ1v) is 13.1. The molecule has 8 nitrogen and oxygen atoms in total. The predicted octanol–water partition coefficient (Wildman–Crippen LogP) is 4.66. The van der Waals surface area contributed by atoms with Crippen molar-refractivity contribution in [3.8, 4) is 29.0 Å². The molecule has 3 aromatic rings. The Kier molecular flexibility index (Phi) is 7.91. The van der Waals surface area contributed by atoms with E-state index < -0.39 is 11.6 Å². The predicted molar refractivity (Wildman–Crippen MR) is 146 cm³/mol. The second kappa shape index (κ2) is 11.5. The maximum Gasteiger partial charge on any atom is 0.168 e. The molecule has 1 atom stereocenters. The number of ether oxygens (including phenoxy) is 2. The minimum Gasteiger partial charge on any atom is -0.496 e. The topological polar surface area (TPSA) is 98.4 Å². The SMILES string of the molecule is COc1cc(F)cc(F)c1-c1nccc(Nc2cc(N3CCC[C@H](N)C3)c(C#CC3(C)CCOCC3)cn2)n1. The van der Waals surface area contributed by atoms with E-state index in [0.717, 1.165) is 75.4 Å². The van der Waals surface area contributed by atoms with E-state index in [0.29, 0.717) is 11.6 Å². The zero-order valence-electron chi connectivity index (χ0n) is 22.1. The summed E-state index contributed by atoms with van der Waals surface area (Å²) in [7, 11) is 1.34. The Bertz CT molecular complexity index is 1400. The number of nitrogens with two attached hydrogens (primary N) is 1. The minimum absolute atomic E-state index is 0.00708. The maximum atomic E-state index is 14.6. The number of anilines is 3. The zero-order chi connectivity index (χ0) is 27.4.